The van der Waals surface area contributed by atoms with Gasteiger partial charge in [0.2, 0.25) is 0 Å². The summed E-state index contributed by atoms with van der Waals surface area (Å²) in [5.41, 5.74) is 0. The molecule has 0 amide bonds. The Kier molecular flexibility index (Phi) is 4.70. The highest BCUT2D eigenvalue weighted by atomic mass is 127. The molecule has 0 aliphatic carbocycles. The molecule has 1 aliphatic heterocycles. The summed E-state index contributed by atoms with van der Waals surface area (Å²) in [6, 6.07) is 0. The molecule has 0 unspecified atom stereocenters. The smallest absolute Gasteiger partial charge is 0.000425 e. The summed E-state index contributed by atoms with van der Waals surface area (Å²) in [4.78, 5) is 2.59. The first-order valence-electron chi connectivity index (χ1n) is 4.22. The molecule has 1 aliphatic rings. The van der Waals surface area contributed by atoms with Crippen molar-refractivity contribution in [1.29, 1.82) is 0 Å². The molecule has 0 spiro atoms. The van der Waals surface area contributed by atoms with Gasteiger partial charge in [-0.3, -0.25) is 0 Å². The molecule has 0 bridgehead atoms. The first kappa shape index (κ1) is 8.78. The molecule has 60 valence electrons. The Morgan fingerprint density at radius 2 is 1.80 bits per heavy atom. The maximum atomic E-state index is 2.59. The summed E-state index contributed by atoms with van der Waals surface area (Å²) in [7, 11) is 0. The van der Waals surface area contributed by atoms with Gasteiger partial charge in [0.1, 0.15) is 0 Å². The Morgan fingerprint density at radius 1 is 1.10 bits per heavy atom. The summed E-state index contributed by atoms with van der Waals surface area (Å²) >= 11 is 2.46. The van der Waals surface area contributed by atoms with Crippen LogP contribution in [0.25, 0.3) is 0 Å². The second-order valence-corrected chi connectivity index (χ2v) is 4.02. The van der Waals surface area contributed by atoms with Crippen LogP contribution in [-0.2, 0) is 0 Å². The topological polar surface area (TPSA) is 3.24 Å². The van der Waals surface area contributed by atoms with Crippen molar-refractivity contribution in [3.8, 4) is 0 Å². The van der Waals surface area contributed by atoms with E-state index in [1.165, 1.54) is 49.7 Å². The lowest BCUT2D eigenvalue weighted by Gasteiger charge is -2.12. The Labute approximate surface area is 77.3 Å². The molecule has 0 N–H and O–H groups in total. The van der Waals surface area contributed by atoms with Crippen molar-refractivity contribution in [2.75, 3.05) is 24.1 Å². The molecule has 10 heavy (non-hydrogen) atoms. The maximum absolute atomic E-state index is 2.59. The Hall–Kier alpha value is 0.690. The Morgan fingerprint density at radius 3 is 2.40 bits per heavy atom. The van der Waals surface area contributed by atoms with Crippen LogP contribution in [-0.4, -0.2) is 29.0 Å². The van der Waals surface area contributed by atoms with E-state index in [2.05, 4.69) is 27.5 Å². The van der Waals surface area contributed by atoms with Gasteiger partial charge >= 0.3 is 0 Å². The fourth-order valence-corrected chi connectivity index (χ4v) is 1.98. The molecule has 0 atom stereocenters. The third-order valence-electron chi connectivity index (χ3n) is 2.06. The van der Waals surface area contributed by atoms with Gasteiger partial charge in [0.15, 0.2) is 0 Å². The third-order valence-corrected chi connectivity index (χ3v) is 2.82. The second-order valence-electron chi connectivity index (χ2n) is 2.94. The molecular formula is C8H16IN. The fourth-order valence-electron chi connectivity index (χ4n) is 1.44. The zero-order chi connectivity index (χ0) is 7.23. The average molecular weight is 253 g/mol. The summed E-state index contributed by atoms with van der Waals surface area (Å²) in [5.74, 6) is 0. The van der Waals surface area contributed by atoms with Crippen molar-refractivity contribution in [2.24, 2.45) is 0 Å². The molecule has 1 saturated heterocycles. The quantitative estimate of drug-likeness (QED) is 0.422. The van der Waals surface area contributed by atoms with Crippen LogP contribution in [0.4, 0.5) is 0 Å². The van der Waals surface area contributed by atoms with Crippen LogP contribution >= 0.6 is 22.6 Å². The van der Waals surface area contributed by atoms with E-state index >= 15 is 0 Å². The molecule has 1 heterocycles. The summed E-state index contributed by atoms with van der Waals surface area (Å²) in [6.45, 7) is 4.07. The number of halogens is 1. The van der Waals surface area contributed by atoms with Crippen molar-refractivity contribution in [3.63, 3.8) is 0 Å². The lowest BCUT2D eigenvalue weighted by Crippen LogP contribution is -2.20. The number of unbranched alkanes of at least 4 members (excludes halogenated alkanes) is 1. The number of hydrogen-bond acceptors (Lipinski definition) is 1. The van der Waals surface area contributed by atoms with E-state index in [-0.39, 0.29) is 0 Å². The van der Waals surface area contributed by atoms with Crippen LogP contribution < -0.4 is 0 Å². The summed E-state index contributed by atoms with van der Waals surface area (Å²) < 4.78 is 1.32. The highest BCUT2D eigenvalue weighted by molar-refractivity contribution is 14.1. The number of likely N-dealkylation sites (tertiary alicyclic amines) is 1. The van der Waals surface area contributed by atoms with E-state index in [4.69, 9.17) is 0 Å². The molecule has 0 radical (unpaired) electrons. The minimum absolute atomic E-state index is 1.32. The number of rotatable bonds is 4. The minimum Gasteiger partial charge on any atom is -0.303 e. The first-order chi connectivity index (χ1) is 4.93. The van der Waals surface area contributed by atoms with E-state index in [9.17, 15) is 0 Å². The predicted molar refractivity (Wildman–Crippen MR) is 53.8 cm³/mol. The van der Waals surface area contributed by atoms with Gasteiger partial charge in [-0.15, -0.1) is 0 Å². The van der Waals surface area contributed by atoms with Gasteiger partial charge in [-0.25, -0.2) is 0 Å². The molecule has 2 heteroatoms. The normalized spacial score (nSPS) is 20.1. The molecular weight excluding hydrogens is 237 g/mol. The molecule has 1 fully saturated rings. The van der Waals surface area contributed by atoms with Crippen molar-refractivity contribution in [1.82, 2.24) is 4.90 Å². The SMILES string of the molecule is ICCCCN1CCCC1. The standard InChI is InChI=1S/C8H16IN/c9-5-1-2-6-10-7-3-4-8-10/h1-8H2. The summed E-state index contributed by atoms with van der Waals surface area (Å²) in [5, 5.41) is 0. The molecule has 1 nitrogen and oxygen atoms in total. The second kappa shape index (κ2) is 5.35. The van der Waals surface area contributed by atoms with Gasteiger partial charge in [-0.05, 0) is 49.7 Å². The number of hydrogen-bond donors (Lipinski definition) is 0. The van der Waals surface area contributed by atoms with Crippen LogP contribution in [0.2, 0.25) is 0 Å². The van der Waals surface area contributed by atoms with Gasteiger partial charge in [0.25, 0.3) is 0 Å². The first-order valence-corrected chi connectivity index (χ1v) is 5.74. The van der Waals surface area contributed by atoms with Crippen molar-refractivity contribution in [2.45, 2.75) is 25.7 Å². The van der Waals surface area contributed by atoms with Crippen LogP contribution in [0.3, 0.4) is 0 Å². The number of alkyl halides is 1. The summed E-state index contributed by atoms with van der Waals surface area (Å²) in [6.07, 6.45) is 5.68. The van der Waals surface area contributed by atoms with E-state index < -0.39 is 0 Å². The Balaban J connectivity index is 1.91. The molecule has 0 aromatic carbocycles. The zero-order valence-electron chi connectivity index (χ0n) is 6.48. The van der Waals surface area contributed by atoms with Gasteiger partial charge in [-0.1, -0.05) is 22.6 Å². The van der Waals surface area contributed by atoms with Crippen molar-refractivity contribution in [3.05, 3.63) is 0 Å². The minimum atomic E-state index is 1.32. The monoisotopic (exact) mass is 253 g/mol. The van der Waals surface area contributed by atoms with Crippen LogP contribution in [0.1, 0.15) is 25.7 Å². The van der Waals surface area contributed by atoms with Crippen LogP contribution in [0, 0.1) is 0 Å². The largest absolute Gasteiger partial charge is 0.303 e. The fraction of sp³-hybridized carbons (Fsp3) is 1.00. The molecule has 1 rings (SSSR count). The van der Waals surface area contributed by atoms with E-state index in [1.54, 1.807) is 0 Å². The Bertz CT molecular complexity index is 79.3. The maximum Gasteiger partial charge on any atom is -0.000425 e. The van der Waals surface area contributed by atoms with Crippen LogP contribution in [0.5, 0.6) is 0 Å². The van der Waals surface area contributed by atoms with Crippen LogP contribution in [0.15, 0.2) is 0 Å². The van der Waals surface area contributed by atoms with Gasteiger partial charge in [0.05, 0.1) is 0 Å². The lowest BCUT2D eigenvalue weighted by atomic mass is 10.3. The van der Waals surface area contributed by atoms with Crippen molar-refractivity contribution >= 4 is 22.6 Å². The van der Waals surface area contributed by atoms with E-state index in [0.29, 0.717) is 0 Å². The highest BCUT2D eigenvalue weighted by Gasteiger charge is 2.09. The number of nitrogens with zero attached hydrogens (tertiary/aromatic N) is 1. The van der Waals surface area contributed by atoms with Gasteiger partial charge < -0.3 is 4.90 Å². The van der Waals surface area contributed by atoms with E-state index in [1.807, 2.05) is 0 Å². The van der Waals surface area contributed by atoms with E-state index in [0.717, 1.165) is 0 Å². The zero-order valence-corrected chi connectivity index (χ0v) is 8.64. The average Bonchev–Trinajstić information content (AvgIpc) is 2.41. The molecule has 0 aromatic heterocycles. The van der Waals surface area contributed by atoms with Gasteiger partial charge in [-0.2, -0.15) is 0 Å². The molecule has 0 aromatic rings. The highest BCUT2D eigenvalue weighted by Crippen LogP contribution is 2.08. The van der Waals surface area contributed by atoms with Crippen molar-refractivity contribution < 1.29 is 0 Å². The predicted octanol–water partition coefficient (Wildman–Crippen LogP) is 2.30. The van der Waals surface area contributed by atoms with Gasteiger partial charge in [0, 0.05) is 0 Å². The third kappa shape index (κ3) is 3.19. The lowest BCUT2D eigenvalue weighted by molar-refractivity contribution is 0.333. The molecule has 0 saturated carbocycles.